The fourth-order valence-electron chi connectivity index (χ4n) is 3.17. The summed E-state index contributed by atoms with van der Waals surface area (Å²) in [5.74, 6) is -0.157. The zero-order valence-corrected chi connectivity index (χ0v) is 14.9. The predicted octanol–water partition coefficient (Wildman–Crippen LogP) is 2.86. The summed E-state index contributed by atoms with van der Waals surface area (Å²) < 4.78 is 5.39. The first-order chi connectivity index (χ1) is 11.6. The second kappa shape index (κ2) is 8.83. The Balaban J connectivity index is 2.02. The molecule has 0 unspecified atom stereocenters. The number of ether oxygens (including phenoxy) is 1. The van der Waals surface area contributed by atoms with Crippen LogP contribution in [0.5, 0.6) is 0 Å². The molecular weight excluding hydrogens is 304 g/mol. The van der Waals surface area contributed by atoms with Crippen LogP contribution in [0, 0.1) is 0 Å². The standard InChI is InChI=1S/C19H28N2O3/c1-4-12-20-18(22)14-6-5-7-15(13-14)19(23)21(2)16-8-10-17(24-3)11-9-16/h5-7,13,16-17H,4,8-12H2,1-3H3,(H,20,22). The number of carbonyl (C=O) groups is 2. The van der Waals surface area contributed by atoms with Crippen molar-refractivity contribution in [3.8, 4) is 0 Å². The van der Waals surface area contributed by atoms with Gasteiger partial charge in [-0.3, -0.25) is 9.59 Å². The smallest absolute Gasteiger partial charge is 0.253 e. The normalized spacial score (nSPS) is 20.5. The summed E-state index contributed by atoms with van der Waals surface area (Å²) in [5, 5.41) is 2.84. The van der Waals surface area contributed by atoms with Crippen molar-refractivity contribution in [3.05, 3.63) is 35.4 Å². The molecule has 132 valence electrons. The molecule has 0 aromatic heterocycles. The predicted molar refractivity (Wildman–Crippen MR) is 94.2 cm³/mol. The second-order valence-electron chi connectivity index (χ2n) is 6.42. The SMILES string of the molecule is CCCNC(=O)c1cccc(C(=O)N(C)C2CCC(OC)CC2)c1. The van der Waals surface area contributed by atoms with Gasteiger partial charge in [-0.2, -0.15) is 0 Å². The number of benzene rings is 1. The molecule has 1 saturated carbocycles. The highest BCUT2D eigenvalue weighted by Crippen LogP contribution is 2.25. The molecule has 24 heavy (non-hydrogen) atoms. The number of hydrogen-bond acceptors (Lipinski definition) is 3. The number of nitrogens with zero attached hydrogens (tertiary/aromatic N) is 1. The van der Waals surface area contributed by atoms with Gasteiger partial charge in [0.1, 0.15) is 0 Å². The molecule has 1 N–H and O–H groups in total. The lowest BCUT2D eigenvalue weighted by atomic mass is 9.91. The molecule has 0 atom stereocenters. The number of carbonyl (C=O) groups excluding carboxylic acids is 2. The van der Waals surface area contributed by atoms with Crippen LogP contribution in [-0.4, -0.2) is 49.6 Å². The molecule has 1 aromatic rings. The minimum Gasteiger partial charge on any atom is -0.381 e. The molecule has 1 aliphatic rings. The number of rotatable bonds is 6. The molecule has 5 heteroatoms. The maximum Gasteiger partial charge on any atom is 0.253 e. The Morgan fingerprint density at radius 3 is 2.50 bits per heavy atom. The lowest BCUT2D eigenvalue weighted by Crippen LogP contribution is -2.40. The van der Waals surface area contributed by atoms with Crippen molar-refractivity contribution in [1.29, 1.82) is 0 Å². The molecular formula is C19H28N2O3. The second-order valence-corrected chi connectivity index (χ2v) is 6.42. The van der Waals surface area contributed by atoms with Gasteiger partial charge in [0.05, 0.1) is 6.10 Å². The van der Waals surface area contributed by atoms with E-state index in [2.05, 4.69) is 5.32 Å². The molecule has 1 aliphatic carbocycles. The third-order valence-electron chi connectivity index (χ3n) is 4.75. The number of amides is 2. The molecule has 0 saturated heterocycles. The quantitative estimate of drug-likeness (QED) is 0.871. The molecule has 0 aliphatic heterocycles. The van der Waals surface area contributed by atoms with E-state index in [1.54, 1.807) is 31.4 Å². The molecule has 2 amide bonds. The van der Waals surface area contributed by atoms with Gasteiger partial charge in [0.2, 0.25) is 0 Å². The van der Waals surface area contributed by atoms with Gasteiger partial charge in [0.15, 0.2) is 0 Å². The van der Waals surface area contributed by atoms with E-state index in [1.165, 1.54) is 0 Å². The monoisotopic (exact) mass is 332 g/mol. The van der Waals surface area contributed by atoms with Crippen LogP contribution in [0.15, 0.2) is 24.3 Å². The average Bonchev–Trinajstić information content (AvgIpc) is 2.65. The zero-order chi connectivity index (χ0) is 17.5. The van der Waals surface area contributed by atoms with E-state index >= 15 is 0 Å². The summed E-state index contributed by atoms with van der Waals surface area (Å²) in [6.07, 6.45) is 5.08. The van der Waals surface area contributed by atoms with Crippen molar-refractivity contribution >= 4 is 11.8 Å². The fourth-order valence-corrected chi connectivity index (χ4v) is 3.17. The van der Waals surface area contributed by atoms with Crippen LogP contribution in [0.4, 0.5) is 0 Å². The van der Waals surface area contributed by atoms with Crippen molar-refractivity contribution in [2.45, 2.75) is 51.2 Å². The summed E-state index contributed by atoms with van der Waals surface area (Å²) in [5.41, 5.74) is 1.10. The van der Waals surface area contributed by atoms with E-state index in [1.807, 2.05) is 18.9 Å². The first-order valence-corrected chi connectivity index (χ1v) is 8.75. The van der Waals surface area contributed by atoms with E-state index in [4.69, 9.17) is 4.74 Å². The molecule has 0 bridgehead atoms. The van der Waals surface area contributed by atoms with E-state index in [0.29, 0.717) is 23.8 Å². The van der Waals surface area contributed by atoms with Crippen LogP contribution >= 0.6 is 0 Å². The van der Waals surface area contributed by atoms with Crippen LogP contribution in [0.2, 0.25) is 0 Å². The van der Waals surface area contributed by atoms with Crippen molar-refractivity contribution in [3.63, 3.8) is 0 Å². The molecule has 1 fully saturated rings. The fraction of sp³-hybridized carbons (Fsp3) is 0.579. The zero-order valence-electron chi connectivity index (χ0n) is 14.9. The molecule has 0 heterocycles. The lowest BCUT2D eigenvalue weighted by molar-refractivity contribution is 0.0386. The summed E-state index contributed by atoms with van der Waals surface area (Å²) in [7, 11) is 3.60. The molecule has 5 nitrogen and oxygen atoms in total. The molecule has 0 spiro atoms. The van der Waals surface area contributed by atoms with E-state index in [-0.39, 0.29) is 17.9 Å². The van der Waals surface area contributed by atoms with Gasteiger partial charge >= 0.3 is 0 Å². The Morgan fingerprint density at radius 2 is 1.88 bits per heavy atom. The highest BCUT2D eigenvalue weighted by molar-refractivity contribution is 5.99. The van der Waals surface area contributed by atoms with Crippen LogP contribution in [0.3, 0.4) is 0 Å². The Morgan fingerprint density at radius 1 is 1.21 bits per heavy atom. The van der Waals surface area contributed by atoms with Crippen LogP contribution in [0.1, 0.15) is 59.7 Å². The van der Waals surface area contributed by atoms with Gasteiger partial charge in [-0.15, -0.1) is 0 Å². The summed E-state index contributed by atoms with van der Waals surface area (Å²) in [6.45, 7) is 2.65. The average molecular weight is 332 g/mol. The van der Waals surface area contributed by atoms with Crippen molar-refractivity contribution in [1.82, 2.24) is 10.2 Å². The van der Waals surface area contributed by atoms with E-state index in [0.717, 1.165) is 32.1 Å². The Bertz CT molecular complexity index is 565. The topological polar surface area (TPSA) is 58.6 Å². The highest BCUT2D eigenvalue weighted by Gasteiger charge is 2.27. The first kappa shape index (κ1) is 18.5. The molecule has 2 rings (SSSR count). The van der Waals surface area contributed by atoms with Gasteiger partial charge in [-0.1, -0.05) is 13.0 Å². The third kappa shape index (κ3) is 4.57. The van der Waals surface area contributed by atoms with Gasteiger partial charge < -0.3 is 15.0 Å². The maximum atomic E-state index is 12.7. The lowest BCUT2D eigenvalue weighted by Gasteiger charge is -2.34. The first-order valence-electron chi connectivity index (χ1n) is 8.75. The number of nitrogens with one attached hydrogen (secondary N) is 1. The van der Waals surface area contributed by atoms with E-state index < -0.39 is 0 Å². The Kier molecular flexibility index (Phi) is 6.79. The summed E-state index contributed by atoms with van der Waals surface area (Å²) in [4.78, 5) is 26.6. The largest absolute Gasteiger partial charge is 0.381 e. The van der Waals surface area contributed by atoms with E-state index in [9.17, 15) is 9.59 Å². The van der Waals surface area contributed by atoms with Crippen LogP contribution in [0.25, 0.3) is 0 Å². The van der Waals surface area contributed by atoms with Crippen LogP contribution in [-0.2, 0) is 4.74 Å². The number of hydrogen-bond donors (Lipinski definition) is 1. The minimum absolute atomic E-state index is 0.0268. The summed E-state index contributed by atoms with van der Waals surface area (Å²) >= 11 is 0. The molecule has 0 radical (unpaired) electrons. The van der Waals surface area contributed by atoms with Gasteiger partial charge in [-0.25, -0.2) is 0 Å². The van der Waals surface area contributed by atoms with Crippen molar-refractivity contribution in [2.24, 2.45) is 0 Å². The number of methoxy groups -OCH3 is 1. The highest BCUT2D eigenvalue weighted by atomic mass is 16.5. The Hall–Kier alpha value is -1.88. The summed E-state index contributed by atoms with van der Waals surface area (Å²) in [6, 6.07) is 7.21. The third-order valence-corrected chi connectivity index (χ3v) is 4.75. The maximum absolute atomic E-state index is 12.7. The van der Waals surface area contributed by atoms with Crippen molar-refractivity contribution in [2.75, 3.05) is 20.7 Å². The molecule has 1 aromatic carbocycles. The minimum atomic E-state index is -0.130. The van der Waals surface area contributed by atoms with Crippen LogP contribution < -0.4 is 5.32 Å². The van der Waals surface area contributed by atoms with Crippen molar-refractivity contribution < 1.29 is 14.3 Å². The van der Waals surface area contributed by atoms with Gasteiger partial charge in [0.25, 0.3) is 11.8 Å². The van der Waals surface area contributed by atoms with Gasteiger partial charge in [-0.05, 0) is 50.3 Å². The Labute approximate surface area is 144 Å². The van der Waals surface area contributed by atoms with Gasteiger partial charge in [0, 0.05) is 37.9 Å².